The molecular weight excluding hydrogens is 276 g/mol. The maximum atomic E-state index is 5.80. The Labute approximate surface area is 123 Å². The number of hydrogen-bond donors (Lipinski definition) is 1. The number of para-hydroxylation sites is 2. The molecule has 0 radical (unpaired) electrons. The topological polar surface area (TPSA) is 65.4 Å². The van der Waals surface area contributed by atoms with Crippen molar-refractivity contribution in [3.05, 3.63) is 41.7 Å². The number of aliphatic imine (C=N–C) groups is 1. The zero-order chi connectivity index (χ0) is 14.5. The molecule has 0 atom stereocenters. The molecule has 0 saturated carbocycles. The second-order valence-electron chi connectivity index (χ2n) is 4.41. The number of aromatic nitrogens is 2. The van der Waals surface area contributed by atoms with Crippen molar-refractivity contribution >= 4 is 23.1 Å². The van der Waals surface area contributed by atoms with Crippen LogP contribution in [0.25, 0.3) is 0 Å². The van der Waals surface area contributed by atoms with E-state index >= 15 is 0 Å². The molecule has 0 bridgehead atoms. The van der Waals surface area contributed by atoms with E-state index in [4.69, 9.17) is 22.1 Å². The number of rotatable bonds is 5. The van der Waals surface area contributed by atoms with Crippen LogP contribution in [0.2, 0.25) is 0 Å². The van der Waals surface area contributed by atoms with Gasteiger partial charge in [0.05, 0.1) is 11.6 Å². The number of aryl methyl sites for hydroxylation is 2. The average molecular weight is 293 g/mol. The third-order valence-electron chi connectivity index (χ3n) is 2.76. The van der Waals surface area contributed by atoms with Crippen LogP contribution in [0.15, 0.2) is 35.5 Å². The minimum Gasteiger partial charge on any atom is -0.487 e. The smallest absolute Gasteiger partial charge is 0.145 e. The van der Waals surface area contributed by atoms with Crippen LogP contribution in [0.4, 0.5) is 5.69 Å². The summed E-state index contributed by atoms with van der Waals surface area (Å²) in [5.74, 6) is 1.22. The summed E-state index contributed by atoms with van der Waals surface area (Å²) in [5, 5.41) is 4.28. The lowest BCUT2D eigenvalue weighted by molar-refractivity contribution is 0.306. The van der Waals surface area contributed by atoms with Crippen LogP contribution in [0, 0.1) is 6.92 Å². The second kappa shape index (κ2) is 6.43. The van der Waals surface area contributed by atoms with Gasteiger partial charge < -0.3 is 10.5 Å². The van der Waals surface area contributed by atoms with Gasteiger partial charge in [-0.2, -0.15) is 5.10 Å². The summed E-state index contributed by atoms with van der Waals surface area (Å²) in [4.78, 5) is 4.23. The molecule has 0 amide bonds. The van der Waals surface area contributed by atoms with E-state index in [-0.39, 0.29) is 5.88 Å². The fraction of sp³-hybridized carbons (Fsp3) is 0.286. The number of benzene rings is 1. The van der Waals surface area contributed by atoms with Crippen LogP contribution in [0.5, 0.6) is 5.75 Å². The summed E-state index contributed by atoms with van der Waals surface area (Å²) in [7, 11) is 1.88. The van der Waals surface area contributed by atoms with Gasteiger partial charge in [-0.1, -0.05) is 12.1 Å². The fourth-order valence-electron chi connectivity index (χ4n) is 1.80. The van der Waals surface area contributed by atoms with Gasteiger partial charge in [0.25, 0.3) is 0 Å². The van der Waals surface area contributed by atoms with E-state index in [2.05, 4.69) is 10.1 Å². The highest BCUT2D eigenvalue weighted by Crippen LogP contribution is 2.27. The summed E-state index contributed by atoms with van der Waals surface area (Å²) in [6.45, 7) is 2.39. The van der Waals surface area contributed by atoms with E-state index in [0.29, 0.717) is 23.9 Å². The first-order valence-corrected chi connectivity index (χ1v) is 6.73. The molecule has 0 saturated heterocycles. The van der Waals surface area contributed by atoms with E-state index in [1.165, 1.54) is 0 Å². The molecule has 2 N–H and O–H groups in total. The van der Waals surface area contributed by atoms with Crippen molar-refractivity contribution in [3.8, 4) is 5.75 Å². The highest BCUT2D eigenvalue weighted by atomic mass is 35.5. The average Bonchev–Trinajstić information content (AvgIpc) is 2.76. The predicted molar refractivity (Wildman–Crippen MR) is 80.7 cm³/mol. The normalized spacial score (nSPS) is 11.7. The molecule has 0 unspecified atom stereocenters. The number of nitrogens with zero attached hydrogens (tertiary/aromatic N) is 3. The van der Waals surface area contributed by atoms with Gasteiger partial charge in [-0.15, -0.1) is 11.6 Å². The van der Waals surface area contributed by atoms with E-state index in [1.807, 2.05) is 44.4 Å². The molecule has 1 aromatic carbocycles. The molecule has 106 valence electrons. The van der Waals surface area contributed by atoms with Crippen molar-refractivity contribution < 1.29 is 4.74 Å². The van der Waals surface area contributed by atoms with Crippen LogP contribution in [-0.2, 0) is 13.7 Å². The molecule has 2 rings (SSSR count). The van der Waals surface area contributed by atoms with E-state index < -0.39 is 0 Å². The van der Waals surface area contributed by atoms with Crippen molar-refractivity contribution in [2.75, 3.05) is 5.88 Å². The molecule has 5 nitrogen and oxygen atoms in total. The highest BCUT2D eigenvalue weighted by molar-refractivity contribution is 6.28. The molecule has 0 fully saturated rings. The monoisotopic (exact) mass is 292 g/mol. The Morgan fingerprint density at radius 3 is 2.85 bits per heavy atom. The lowest BCUT2D eigenvalue weighted by atomic mass is 10.2. The first-order valence-electron chi connectivity index (χ1n) is 6.20. The largest absolute Gasteiger partial charge is 0.487 e. The first-order chi connectivity index (χ1) is 9.60. The van der Waals surface area contributed by atoms with Gasteiger partial charge in [-0.25, -0.2) is 4.99 Å². The van der Waals surface area contributed by atoms with Crippen LogP contribution in [0.3, 0.4) is 0 Å². The number of hydrogen-bond acceptors (Lipinski definition) is 3. The molecule has 20 heavy (non-hydrogen) atoms. The zero-order valence-electron chi connectivity index (χ0n) is 11.5. The number of ether oxygens (including phenoxy) is 1. The van der Waals surface area contributed by atoms with Crippen LogP contribution < -0.4 is 10.5 Å². The van der Waals surface area contributed by atoms with Crippen LogP contribution in [0.1, 0.15) is 11.3 Å². The lowest BCUT2D eigenvalue weighted by Crippen LogP contribution is -2.12. The molecule has 0 aliphatic rings. The predicted octanol–water partition coefficient (Wildman–Crippen LogP) is 2.54. The molecule has 0 aliphatic carbocycles. The van der Waals surface area contributed by atoms with E-state index in [0.717, 1.165) is 11.3 Å². The third-order valence-corrected chi connectivity index (χ3v) is 3.04. The Morgan fingerprint density at radius 2 is 2.20 bits per heavy atom. The molecular formula is C14H17ClN4O. The number of amidine groups is 1. The third kappa shape index (κ3) is 3.51. The number of halogens is 1. The van der Waals surface area contributed by atoms with E-state index in [9.17, 15) is 0 Å². The van der Waals surface area contributed by atoms with Gasteiger partial charge in [0, 0.05) is 18.8 Å². The molecule has 1 aromatic heterocycles. The summed E-state index contributed by atoms with van der Waals surface area (Å²) in [6, 6.07) is 7.46. The van der Waals surface area contributed by atoms with Crippen molar-refractivity contribution in [1.82, 2.24) is 9.78 Å². The molecule has 2 aromatic rings. The maximum Gasteiger partial charge on any atom is 0.145 e. The standard InChI is InChI=1S/C14H17ClN4O/c1-10-11(8-19(2)18-10)9-20-13-6-4-3-5-12(13)17-14(16)7-15/h3-6,8H,7,9H2,1-2H3,(H2,16,17). The summed E-state index contributed by atoms with van der Waals surface area (Å²) >= 11 is 5.64. The SMILES string of the molecule is Cc1nn(C)cc1COc1ccccc1N=C(N)CCl. The Morgan fingerprint density at radius 1 is 1.45 bits per heavy atom. The van der Waals surface area contributed by atoms with Gasteiger partial charge in [0.1, 0.15) is 23.9 Å². The van der Waals surface area contributed by atoms with Gasteiger partial charge in [-0.3, -0.25) is 4.68 Å². The second-order valence-corrected chi connectivity index (χ2v) is 4.67. The van der Waals surface area contributed by atoms with Crippen molar-refractivity contribution in [2.24, 2.45) is 17.8 Å². The summed E-state index contributed by atoms with van der Waals surface area (Å²) < 4.78 is 7.57. The van der Waals surface area contributed by atoms with E-state index in [1.54, 1.807) is 4.68 Å². The zero-order valence-corrected chi connectivity index (χ0v) is 12.3. The molecule has 6 heteroatoms. The van der Waals surface area contributed by atoms with Crippen molar-refractivity contribution in [2.45, 2.75) is 13.5 Å². The van der Waals surface area contributed by atoms with Gasteiger partial charge in [0.2, 0.25) is 0 Å². The van der Waals surface area contributed by atoms with Gasteiger partial charge in [0.15, 0.2) is 0 Å². The minimum atomic E-state index is 0.191. The summed E-state index contributed by atoms with van der Waals surface area (Å²) in [6.07, 6.45) is 1.94. The fourth-order valence-corrected chi connectivity index (χ4v) is 1.86. The molecule has 0 spiro atoms. The van der Waals surface area contributed by atoms with Crippen molar-refractivity contribution in [1.29, 1.82) is 0 Å². The Hall–Kier alpha value is -2.01. The quantitative estimate of drug-likeness (QED) is 0.523. The Bertz CT molecular complexity index is 621. The number of nitrogens with two attached hydrogens (primary N) is 1. The Balaban J connectivity index is 2.15. The molecule has 0 aliphatic heterocycles. The maximum absolute atomic E-state index is 5.80. The molecule has 1 heterocycles. The Kier molecular flexibility index (Phi) is 4.63. The highest BCUT2D eigenvalue weighted by Gasteiger charge is 2.07. The number of alkyl halides is 1. The van der Waals surface area contributed by atoms with Crippen LogP contribution >= 0.6 is 11.6 Å². The van der Waals surface area contributed by atoms with Crippen LogP contribution in [-0.4, -0.2) is 21.5 Å². The summed E-state index contributed by atoms with van der Waals surface area (Å²) in [5.41, 5.74) is 8.32. The van der Waals surface area contributed by atoms with Gasteiger partial charge >= 0.3 is 0 Å². The lowest BCUT2D eigenvalue weighted by Gasteiger charge is -2.08. The first kappa shape index (κ1) is 14.4. The minimum absolute atomic E-state index is 0.191. The van der Waals surface area contributed by atoms with Crippen molar-refractivity contribution in [3.63, 3.8) is 0 Å². The van der Waals surface area contributed by atoms with Gasteiger partial charge in [-0.05, 0) is 19.1 Å².